The summed E-state index contributed by atoms with van der Waals surface area (Å²) in [6.07, 6.45) is 2.11. The Hall–Kier alpha value is -0.930. The van der Waals surface area contributed by atoms with Gasteiger partial charge in [-0.15, -0.1) is 0 Å². The number of ether oxygens (including phenoxy) is 1. The van der Waals surface area contributed by atoms with Gasteiger partial charge in [0, 0.05) is 19.8 Å². The van der Waals surface area contributed by atoms with Gasteiger partial charge in [0.2, 0.25) is 0 Å². The lowest BCUT2D eigenvalue weighted by Gasteiger charge is -2.19. The molecular formula is C17H28FNO. The molecule has 0 aliphatic heterocycles. The highest BCUT2D eigenvalue weighted by molar-refractivity contribution is 5.20. The van der Waals surface area contributed by atoms with Crippen molar-refractivity contribution in [2.75, 3.05) is 26.3 Å². The topological polar surface area (TPSA) is 21.3 Å². The third-order valence-electron chi connectivity index (χ3n) is 3.33. The fourth-order valence-electron chi connectivity index (χ4n) is 2.24. The van der Waals surface area contributed by atoms with E-state index in [1.54, 1.807) is 12.1 Å². The molecule has 1 unspecified atom stereocenters. The maximum Gasteiger partial charge on any atom is 0.123 e. The molecule has 0 amide bonds. The fourth-order valence-corrected chi connectivity index (χ4v) is 2.24. The van der Waals surface area contributed by atoms with Crippen molar-refractivity contribution < 1.29 is 9.13 Å². The molecule has 1 rings (SSSR count). The highest BCUT2D eigenvalue weighted by Crippen LogP contribution is 2.21. The van der Waals surface area contributed by atoms with E-state index in [9.17, 15) is 4.39 Å². The summed E-state index contributed by atoms with van der Waals surface area (Å²) in [4.78, 5) is 0. The van der Waals surface area contributed by atoms with Gasteiger partial charge in [0.05, 0.1) is 0 Å². The largest absolute Gasteiger partial charge is 0.382 e. The number of hydrogen-bond donors (Lipinski definition) is 1. The van der Waals surface area contributed by atoms with Crippen LogP contribution in [0.4, 0.5) is 4.39 Å². The summed E-state index contributed by atoms with van der Waals surface area (Å²) in [5.41, 5.74) is 1.21. The summed E-state index contributed by atoms with van der Waals surface area (Å²) >= 11 is 0. The number of halogens is 1. The lowest BCUT2D eigenvalue weighted by atomic mass is 9.94. The lowest BCUT2D eigenvalue weighted by Crippen LogP contribution is -2.25. The Labute approximate surface area is 122 Å². The number of rotatable bonds is 10. The van der Waals surface area contributed by atoms with E-state index in [1.807, 2.05) is 19.1 Å². The third-order valence-corrected chi connectivity index (χ3v) is 3.33. The maximum absolute atomic E-state index is 13.0. The summed E-state index contributed by atoms with van der Waals surface area (Å²) in [7, 11) is 0. The zero-order chi connectivity index (χ0) is 14.8. The van der Waals surface area contributed by atoms with E-state index in [2.05, 4.69) is 19.2 Å². The van der Waals surface area contributed by atoms with Crippen molar-refractivity contribution in [3.63, 3.8) is 0 Å². The molecule has 0 aliphatic carbocycles. The Kier molecular flexibility index (Phi) is 8.47. The quantitative estimate of drug-likeness (QED) is 0.655. The van der Waals surface area contributed by atoms with Crippen LogP contribution < -0.4 is 5.32 Å². The SMILES string of the molecule is CCOCCCC(CNCC(C)C)c1ccc(F)cc1. The minimum atomic E-state index is -0.169. The summed E-state index contributed by atoms with van der Waals surface area (Å²) in [6.45, 7) is 9.95. The highest BCUT2D eigenvalue weighted by atomic mass is 19.1. The second-order valence-corrected chi connectivity index (χ2v) is 5.64. The molecule has 1 aromatic carbocycles. The molecule has 0 heterocycles. The van der Waals surface area contributed by atoms with Crippen molar-refractivity contribution in [2.24, 2.45) is 5.92 Å². The van der Waals surface area contributed by atoms with Crippen molar-refractivity contribution in [1.82, 2.24) is 5.32 Å². The number of benzene rings is 1. The average Bonchev–Trinajstić information content (AvgIpc) is 2.42. The maximum atomic E-state index is 13.0. The Morgan fingerprint density at radius 3 is 2.45 bits per heavy atom. The van der Waals surface area contributed by atoms with E-state index in [4.69, 9.17) is 4.74 Å². The van der Waals surface area contributed by atoms with E-state index in [0.29, 0.717) is 11.8 Å². The van der Waals surface area contributed by atoms with Crippen LogP contribution in [0.3, 0.4) is 0 Å². The number of nitrogens with one attached hydrogen (secondary N) is 1. The molecule has 0 aliphatic rings. The van der Waals surface area contributed by atoms with Crippen molar-refractivity contribution in [3.05, 3.63) is 35.6 Å². The molecule has 0 radical (unpaired) electrons. The van der Waals surface area contributed by atoms with Crippen LogP contribution in [0.25, 0.3) is 0 Å². The first-order chi connectivity index (χ1) is 9.63. The zero-order valence-electron chi connectivity index (χ0n) is 13.0. The second-order valence-electron chi connectivity index (χ2n) is 5.64. The third kappa shape index (κ3) is 7.01. The van der Waals surface area contributed by atoms with Gasteiger partial charge in [-0.2, -0.15) is 0 Å². The van der Waals surface area contributed by atoms with E-state index >= 15 is 0 Å². The van der Waals surface area contributed by atoms with Gasteiger partial charge in [-0.3, -0.25) is 0 Å². The summed E-state index contributed by atoms with van der Waals surface area (Å²) in [6, 6.07) is 6.90. The van der Waals surface area contributed by atoms with Gasteiger partial charge in [-0.05, 0) is 55.8 Å². The smallest absolute Gasteiger partial charge is 0.123 e. The van der Waals surface area contributed by atoms with E-state index < -0.39 is 0 Å². The molecule has 0 bridgehead atoms. The van der Waals surface area contributed by atoms with Gasteiger partial charge in [-0.1, -0.05) is 26.0 Å². The molecule has 0 saturated carbocycles. The molecule has 2 nitrogen and oxygen atoms in total. The highest BCUT2D eigenvalue weighted by Gasteiger charge is 2.11. The van der Waals surface area contributed by atoms with Crippen molar-refractivity contribution in [2.45, 2.75) is 39.5 Å². The normalized spacial score (nSPS) is 12.8. The van der Waals surface area contributed by atoms with Gasteiger partial charge in [0.1, 0.15) is 5.82 Å². The molecule has 3 heteroatoms. The Morgan fingerprint density at radius 2 is 1.85 bits per heavy atom. The molecule has 114 valence electrons. The summed E-state index contributed by atoms with van der Waals surface area (Å²) < 4.78 is 18.4. The fraction of sp³-hybridized carbons (Fsp3) is 0.647. The lowest BCUT2D eigenvalue weighted by molar-refractivity contribution is 0.141. The summed E-state index contributed by atoms with van der Waals surface area (Å²) in [5.74, 6) is 0.902. The van der Waals surface area contributed by atoms with Crippen LogP contribution in [0.15, 0.2) is 24.3 Å². The summed E-state index contributed by atoms with van der Waals surface area (Å²) in [5, 5.41) is 3.50. The van der Waals surface area contributed by atoms with Crippen LogP contribution in [-0.4, -0.2) is 26.3 Å². The van der Waals surface area contributed by atoms with Crippen LogP contribution in [0, 0.1) is 11.7 Å². The van der Waals surface area contributed by atoms with Crippen LogP contribution in [-0.2, 0) is 4.74 Å². The van der Waals surface area contributed by atoms with Crippen LogP contribution in [0.1, 0.15) is 45.1 Å². The van der Waals surface area contributed by atoms with Gasteiger partial charge in [-0.25, -0.2) is 4.39 Å². The van der Waals surface area contributed by atoms with Crippen molar-refractivity contribution in [3.8, 4) is 0 Å². The molecular weight excluding hydrogens is 253 g/mol. The van der Waals surface area contributed by atoms with Gasteiger partial charge in [0.25, 0.3) is 0 Å². The van der Waals surface area contributed by atoms with Crippen LogP contribution in [0.2, 0.25) is 0 Å². The molecule has 0 saturated heterocycles. The first-order valence-corrected chi connectivity index (χ1v) is 7.67. The van der Waals surface area contributed by atoms with E-state index in [-0.39, 0.29) is 5.82 Å². The first kappa shape index (κ1) is 17.1. The molecule has 1 atom stereocenters. The minimum Gasteiger partial charge on any atom is -0.382 e. The van der Waals surface area contributed by atoms with Crippen LogP contribution >= 0.6 is 0 Å². The second kappa shape index (κ2) is 9.89. The predicted molar refractivity (Wildman–Crippen MR) is 82.6 cm³/mol. The standard InChI is InChI=1S/C17H28FNO/c1-4-20-11-5-6-16(13-19-12-14(2)3)15-7-9-17(18)10-8-15/h7-10,14,16,19H,4-6,11-13H2,1-3H3. The Bertz CT molecular complexity index is 351. The van der Waals surface area contributed by atoms with Gasteiger partial charge >= 0.3 is 0 Å². The predicted octanol–water partition coefficient (Wildman–Crippen LogP) is 3.97. The molecule has 1 N–H and O–H groups in total. The Morgan fingerprint density at radius 1 is 1.15 bits per heavy atom. The van der Waals surface area contributed by atoms with E-state index in [1.165, 1.54) is 5.56 Å². The van der Waals surface area contributed by atoms with Gasteiger partial charge < -0.3 is 10.1 Å². The van der Waals surface area contributed by atoms with Gasteiger partial charge in [0.15, 0.2) is 0 Å². The van der Waals surface area contributed by atoms with Crippen molar-refractivity contribution >= 4 is 0 Å². The molecule has 0 aromatic heterocycles. The Balaban J connectivity index is 2.51. The van der Waals surface area contributed by atoms with E-state index in [0.717, 1.165) is 39.1 Å². The molecule has 0 fully saturated rings. The molecule has 1 aromatic rings. The average molecular weight is 281 g/mol. The monoisotopic (exact) mass is 281 g/mol. The van der Waals surface area contributed by atoms with Crippen molar-refractivity contribution in [1.29, 1.82) is 0 Å². The molecule has 0 spiro atoms. The minimum absolute atomic E-state index is 0.169. The van der Waals surface area contributed by atoms with Crippen LogP contribution in [0.5, 0.6) is 0 Å². The number of hydrogen-bond acceptors (Lipinski definition) is 2. The first-order valence-electron chi connectivity index (χ1n) is 7.67. The zero-order valence-corrected chi connectivity index (χ0v) is 13.0. The molecule has 20 heavy (non-hydrogen) atoms.